The van der Waals surface area contributed by atoms with Gasteiger partial charge in [-0.05, 0) is 30.7 Å². The summed E-state index contributed by atoms with van der Waals surface area (Å²) in [4.78, 5) is 4.34. The lowest BCUT2D eigenvalue weighted by molar-refractivity contribution is 0.472. The first-order valence-corrected chi connectivity index (χ1v) is 6.90. The van der Waals surface area contributed by atoms with Gasteiger partial charge in [0.05, 0.1) is 0 Å². The van der Waals surface area contributed by atoms with Crippen LogP contribution in [0, 0.1) is 6.92 Å². The SMILES string of the molecule is Cc1cc(Br)ccc1Oc1nc(C(C)C)ns1. The quantitative estimate of drug-likeness (QED) is 0.835. The van der Waals surface area contributed by atoms with Crippen molar-refractivity contribution in [3.63, 3.8) is 0 Å². The Morgan fingerprint density at radius 3 is 2.71 bits per heavy atom. The molecule has 0 fully saturated rings. The zero-order valence-electron chi connectivity index (χ0n) is 9.90. The maximum absolute atomic E-state index is 5.72. The molecule has 5 heteroatoms. The van der Waals surface area contributed by atoms with E-state index in [9.17, 15) is 0 Å². The van der Waals surface area contributed by atoms with Crippen molar-refractivity contribution in [1.29, 1.82) is 0 Å². The molecule has 1 heterocycles. The summed E-state index contributed by atoms with van der Waals surface area (Å²) in [5.74, 6) is 1.98. The Kier molecular flexibility index (Phi) is 3.79. The van der Waals surface area contributed by atoms with Gasteiger partial charge in [0.1, 0.15) is 11.6 Å². The number of ether oxygens (including phenoxy) is 1. The van der Waals surface area contributed by atoms with Gasteiger partial charge in [-0.25, -0.2) is 0 Å². The standard InChI is InChI=1S/C12H13BrN2OS/c1-7(2)11-14-12(17-15-11)16-10-5-4-9(13)6-8(10)3/h4-7H,1-3H3. The number of halogens is 1. The highest BCUT2D eigenvalue weighted by Crippen LogP contribution is 2.29. The molecule has 2 rings (SSSR count). The third-order valence-corrected chi connectivity index (χ3v) is 3.38. The van der Waals surface area contributed by atoms with Crippen LogP contribution in [0.3, 0.4) is 0 Å². The predicted octanol–water partition coefficient (Wildman–Crippen LogP) is 4.52. The van der Waals surface area contributed by atoms with Crippen LogP contribution in [-0.4, -0.2) is 9.36 Å². The van der Waals surface area contributed by atoms with Crippen molar-refractivity contribution in [2.75, 3.05) is 0 Å². The molecule has 0 spiro atoms. The largest absolute Gasteiger partial charge is 0.430 e. The minimum Gasteiger partial charge on any atom is -0.430 e. The summed E-state index contributed by atoms with van der Waals surface area (Å²) in [5, 5.41) is 0.596. The second-order valence-corrected chi connectivity index (χ2v) is 5.72. The molecule has 0 unspecified atom stereocenters. The fourth-order valence-corrected chi connectivity index (χ4v) is 2.48. The van der Waals surface area contributed by atoms with E-state index < -0.39 is 0 Å². The molecule has 17 heavy (non-hydrogen) atoms. The lowest BCUT2D eigenvalue weighted by Crippen LogP contribution is -1.91. The van der Waals surface area contributed by atoms with Crippen LogP contribution in [0.15, 0.2) is 22.7 Å². The van der Waals surface area contributed by atoms with Gasteiger partial charge in [0.25, 0.3) is 5.19 Å². The van der Waals surface area contributed by atoms with Crippen molar-refractivity contribution >= 4 is 27.5 Å². The predicted molar refractivity (Wildman–Crippen MR) is 73.0 cm³/mol. The van der Waals surface area contributed by atoms with Gasteiger partial charge in [-0.3, -0.25) is 0 Å². The molecule has 1 aromatic heterocycles. The van der Waals surface area contributed by atoms with Crippen LogP contribution in [0.1, 0.15) is 31.2 Å². The summed E-state index contributed by atoms with van der Waals surface area (Å²) in [7, 11) is 0. The minimum atomic E-state index is 0.328. The first-order chi connectivity index (χ1) is 8.06. The third-order valence-electron chi connectivity index (χ3n) is 2.27. The van der Waals surface area contributed by atoms with E-state index in [1.807, 2.05) is 25.1 Å². The zero-order valence-corrected chi connectivity index (χ0v) is 12.3. The fourth-order valence-electron chi connectivity index (χ4n) is 1.32. The lowest BCUT2D eigenvalue weighted by Gasteiger charge is -2.05. The molecule has 0 radical (unpaired) electrons. The number of hydrogen-bond acceptors (Lipinski definition) is 4. The van der Waals surface area contributed by atoms with Gasteiger partial charge in [0, 0.05) is 21.9 Å². The number of hydrogen-bond donors (Lipinski definition) is 0. The van der Waals surface area contributed by atoms with Gasteiger partial charge in [0.2, 0.25) is 0 Å². The molecule has 2 aromatic rings. The fraction of sp³-hybridized carbons (Fsp3) is 0.333. The normalized spacial score (nSPS) is 10.9. The molecular weight excluding hydrogens is 300 g/mol. The van der Waals surface area contributed by atoms with E-state index in [1.54, 1.807) is 0 Å². The van der Waals surface area contributed by atoms with Crippen molar-refractivity contribution in [2.45, 2.75) is 26.7 Å². The third kappa shape index (κ3) is 3.04. The monoisotopic (exact) mass is 312 g/mol. The summed E-state index contributed by atoms with van der Waals surface area (Å²) >= 11 is 4.71. The van der Waals surface area contributed by atoms with Crippen LogP contribution in [0.5, 0.6) is 10.9 Å². The minimum absolute atomic E-state index is 0.328. The maximum atomic E-state index is 5.72. The first-order valence-electron chi connectivity index (χ1n) is 5.34. The highest BCUT2D eigenvalue weighted by atomic mass is 79.9. The molecule has 0 aliphatic heterocycles. The van der Waals surface area contributed by atoms with Crippen molar-refractivity contribution in [3.8, 4) is 10.9 Å². The van der Waals surface area contributed by atoms with Gasteiger partial charge in [-0.1, -0.05) is 29.8 Å². The zero-order chi connectivity index (χ0) is 12.4. The average Bonchev–Trinajstić information content (AvgIpc) is 2.71. The molecule has 0 saturated carbocycles. The second-order valence-electron chi connectivity index (χ2n) is 4.09. The Balaban J connectivity index is 2.19. The molecular formula is C12H13BrN2OS. The van der Waals surface area contributed by atoms with Crippen LogP contribution >= 0.6 is 27.5 Å². The second kappa shape index (κ2) is 5.14. The molecule has 0 bridgehead atoms. The smallest absolute Gasteiger partial charge is 0.298 e. The van der Waals surface area contributed by atoms with E-state index in [-0.39, 0.29) is 0 Å². The molecule has 0 aliphatic carbocycles. The Labute approximate surface area is 113 Å². The van der Waals surface area contributed by atoms with Crippen molar-refractivity contribution in [1.82, 2.24) is 9.36 Å². The van der Waals surface area contributed by atoms with E-state index in [0.717, 1.165) is 21.6 Å². The van der Waals surface area contributed by atoms with Crippen LogP contribution in [-0.2, 0) is 0 Å². The van der Waals surface area contributed by atoms with Crippen LogP contribution in [0.4, 0.5) is 0 Å². The van der Waals surface area contributed by atoms with Crippen molar-refractivity contribution in [2.24, 2.45) is 0 Å². The van der Waals surface area contributed by atoms with Gasteiger partial charge in [0.15, 0.2) is 0 Å². The molecule has 0 N–H and O–H groups in total. The highest BCUT2D eigenvalue weighted by Gasteiger charge is 2.10. The van der Waals surface area contributed by atoms with Gasteiger partial charge in [-0.15, -0.1) is 0 Å². The maximum Gasteiger partial charge on any atom is 0.298 e. The van der Waals surface area contributed by atoms with E-state index >= 15 is 0 Å². The Hall–Kier alpha value is -0.940. The molecule has 0 atom stereocenters. The first kappa shape index (κ1) is 12.5. The number of aryl methyl sites for hydroxylation is 1. The van der Waals surface area contributed by atoms with E-state index in [1.165, 1.54) is 11.5 Å². The molecule has 3 nitrogen and oxygen atoms in total. The van der Waals surface area contributed by atoms with Gasteiger partial charge in [-0.2, -0.15) is 9.36 Å². The summed E-state index contributed by atoms with van der Waals surface area (Å²) in [6.45, 7) is 6.14. The van der Waals surface area contributed by atoms with E-state index in [4.69, 9.17) is 4.74 Å². The number of aromatic nitrogens is 2. The van der Waals surface area contributed by atoms with Gasteiger partial charge >= 0.3 is 0 Å². The molecule has 0 aliphatic rings. The highest BCUT2D eigenvalue weighted by molar-refractivity contribution is 9.10. The van der Waals surface area contributed by atoms with Gasteiger partial charge < -0.3 is 4.74 Å². The molecule has 0 amide bonds. The average molecular weight is 313 g/mol. The van der Waals surface area contributed by atoms with Crippen LogP contribution < -0.4 is 4.74 Å². The summed E-state index contributed by atoms with van der Waals surface area (Å²) in [5.41, 5.74) is 1.07. The summed E-state index contributed by atoms with van der Waals surface area (Å²) in [6.07, 6.45) is 0. The molecule has 90 valence electrons. The topological polar surface area (TPSA) is 35.0 Å². The van der Waals surface area contributed by atoms with E-state index in [0.29, 0.717) is 11.1 Å². The lowest BCUT2D eigenvalue weighted by atomic mass is 10.2. The van der Waals surface area contributed by atoms with Crippen LogP contribution in [0.25, 0.3) is 0 Å². The summed E-state index contributed by atoms with van der Waals surface area (Å²) < 4.78 is 11.0. The number of benzene rings is 1. The van der Waals surface area contributed by atoms with Crippen molar-refractivity contribution < 1.29 is 4.74 Å². The Morgan fingerprint density at radius 2 is 2.12 bits per heavy atom. The summed E-state index contributed by atoms with van der Waals surface area (Å²) in [6, 6.07) is 5.89. The van der Waals surface area contributed by atoms with E-state index in [2.05, 4.69) is 39.1 Å². The van der Waals surface area contributed by atoms with Crippen molar-refractivity contribution in [3.05, 3.63) is 34.1 Å². The Morgan fingerprint density at radius 1 is 1.35 bits per heavy atom. The molecule has 1 aromatic carbocycles. The number of rotatable bonds is 3. The number of nitrogens with zero attached hydrogens (tertiary/aromatic N) is 2. The molecule has 0 saturated heterocycles. The Bertz CT molecular complexity index is 525. The van der Waals surface area contributed by atoms with Crippen LogP contribution in [0.2, 0.25) is 0 Å².